The predicted octanol–water partition coefficient (Wildman–Crippen LogP) is 1.73. The Hall–Kier alpha value is -2.94. The van der Waals surface area contributed by atoms with E-state index in [0.29, 0.717) is 0 Å². The van der Waals surface area contributed by atoms with Gasteiger partial charge in [-0.1, -0.05) is 35.5 Å². The molecule has 3 N–H and O–H groups in total. The van der Waals surface area contributed by atoms with E-state index in [1.165, 1.54) is 12.5 Å². The van der Waals surface area contributed by atoms with Gasteiger partial charge < -0.3 is 15.3 Å². The molecule has 0 aliphatic rings. The highest BCUT2D eigenvalue weighted by Gasteiger charge is 2.16. The number of carbonyl (C=O) groups excluding carboxylic acids is 2. The van der Waals surface area contributed by atoms with E-state index in [0.717, 1.165) is 16.9 Å². The van der Waals surface area contributed by atoms with Crippen molar-refractivity contribution in [3.63, 3.8) is 0 Å². The van der Waals surface area contributed by atoms with Crippen LogP contribution in [0.15, 0.2) is 40.9 Å². The first-order chi connectivity index (χ1) is 11.1. The van der Waals surface area contributed by atoms with Crippen molar-refractivity contribution in [2.75, 3.05) is 12.4 Å². The van der Waals surface area contributed by atoms with E-state index >= 15 is 0 Å². The van der Waals surface area contributed by atoms with Crippen LogP contribution in [0.1, 0.15) is 11.3 Å². The van der Waals surface area contributed by atoms with Gasteiger partial charge in [-0.15, -0.1) is 11.3 Å². The minimum absolute atomic E-state index is 0.130. The molecular formula is C14H14N4O4S. The Bertz CT molecular complexity index is 715. The highest BCUT2D eigenvalue weighted by molar-refractivity contribution is 7.14. The number of nitrogens with zero attached hydrogens (tertiary/aromatic N) is 2. The lowest BCUT2D eigenvalue weighted by molar-refractivity contribution is -0.112. The first-order valence-corrected chi connectivity index (χ1v) is 7.32. The Morgan fingerprint density at radius 2 is 2.09 bits per heavy atom. The number of rotatable bonds is 6. The van der Waals surface area contributed by atoms with Gasteiger partial charge in [0, 0.05) is 5.38 Å². The summed E-state index contributed by atoms with van der Waals surface area (Å²) in [6.07, 6.45) is -0.654. The van der Waals surface area contributed by atoms with Gasteiger partial charge in [-0.25, -0.2) is 9.78 Å². The summed E-state index contributed by atoms with van der Waals surface area (Å²) in [5.74, 6) is -0.782. The average Bonchev–Trinajstić information content (AvgIpc) is 2.99. The van der Waals surface area contributed by atoms with Gasteiger partial charge in [0.15, 0.2) is 10.8 Å². The van der Waals surface area contributed by atoms with Crippen molar-refractivity contribution < 1.29 is 19.2 Å². The lowest BCUT2D eigenvalue weighted by atomic mass is 10.2. The molecule has 23 heavy (non-hydrogen) atoms. The zero-order chi connectivity index (χ0) is 16.7. The van der Waals surface area contributed by atoms with E-state index in [9.17, 15) is 9.59 Å². The van der Waals surface area contributed by atoms with Gasteiger partial charge in [-0.05, 0) is 5.56 Å². The number of amides is 2. The third kappa shape index (κ3) is 4.78. The molecule has 0 saturated heterocycles. The molecule has 2 aromatic rings. The molecule has 8 nitrogen and oxygen atoms in total. The fourth-order valence-corrected chi connectivity index (χ4v) is 2.28. The molecule has 9 heteroatoms. The van der Waals surface area contributed by atoms with Crippen LogP contribution < -0.4 is 11.1 Å². The van der Waals surface area contributed by atoms with Gasteiger partial charge in [0.2, 0.25) is 0 Å². The van der Waals surface area contributed by atoms with E-state index < -0.39 is 12.0 Å². The number of benzene rings is 1. The average molecular weight is 334 g/mol. The molecule has 0 spiro atoms. The highest BCUT2D eigenvalue weighted by atomic mass is 32.1. The third-order valence-corrected chi connectivity index (χ3v) is 3.34. The summed E-state index contributed by atoms with van der Waals surface area (Å²) >= 11 is 1.10. The van der Waals surface area contributed by atoms with E-state index in [1.54, 1.807) is 0 Å². The largest absolute Gasteiger partial charge is 0.444 e. The van der Waals surface area contributed by atoms with Crippen LogP contribution >= 0.6 is 11.3 Å². The van der Waals surface area contributed by atoms with Crippen LogP contribution in [-0.2, 0) is 21.0 Å². The van der Waals surface area contributed by atoms with Crippen molar-refractivity contribution in [3.05, 3.63) is 47.0 Å². The second-order valence-corrected chi connectivity index (χ2v) is 5.07. The molecule has 0 atom stereocenters. The van der Waals surface area contributed by atoms with Crippen LogP contribution in [0.25, 0.3) is 0 Å². The van der Waals surface area contributed by atoms with Crippen molar-refractivity contribution in [1.29, 1.82) is 0 Å². The number of oxime groups is 1. The van der Waals surface area contributed by atoms with Gasteiger partial charge in [-0.3, -0.25) is 10.1 Å². The number of nitrogens with two attached hydrogens (primary N) is 1. The van der Waals surface area contributed by atoms with E-state index in [4.69, 9.17) is 10.5 Å². The summed E-state index contributed by atoms with van der Waals surface area (Å²) in [6.45, 7) is 0.141. The van der Waals surface area contributed by atoms with Gasteiger partial charge in [-0.2, -0.15) is 0 Å². The Morgan fingerprint density at radius 1 is 1.35 bits per heavy atom. The highest BCUT2D eigenvalue weighted by Crippen LogP contribution is 2.16. The smallest absolute Gasteiger partial charge is 0.413 e. The topological polar surface area (TPSA) is 116 Å². The molecule has 0 aliphatic carbocycles. The molecule has 1 aromatic carbocycles. The standard InChI is InChI=1S/C14H14N4O4S/c1-21-18-11(12(15)19)10-8-23-13(16-10)17-14(20)22-7-9-5-3-2-4-6-9/h2-6,8H,7H2,1H3,(H2,15,19)(H,16,17,20)/b18-11-. The van der Waals surface area contributed by atoms with E-state index in [-0.39, 0.29) is 23.1 Å². The summed E-state index contributed by atoms with van der Waals surface area (Å²) in [4.78, 5) is 31.5. The maximum Gasteiger partial charge on any atom is 0.413 e. The number of carbonyl (C=O) groups is 2. The number of aromatic nitrogens is 1. The number of hydrogen-bond acceptors (Lipinski definition) is 7. The Kier molecular flexibility index (Phi) is 5.64. The van der Waals surface area contributed by atoms with Crippen LogP contribution in [0.2, 0.25) is 0 Å². The number of anilines is 1. The van der Waals surface area contributed by atoms with E-state index in [2.05, 4.69) is 20.3 Å². The summed E-state index contributed by atoms with van der Waals surface area (Å²) in [6, 6.07) is 9.26. The number of hydrogen-bond donors (Lipinski definition) is 2. The molecule has 0 saturated carbocycles. The molecule has 2 rings (SSSR count). The molecule has 0 radical (unpaired) electrons. The normalized spacial score (nSPS) is 10.9. The molecular weight excluding hydrogens is 320 g/mol. The molecule has 2 amide bonds. The van der Waals surface area contributed by atoms with E-state index in [1.807, 2.05) is 30.3 Å². The van der Waals surface area contributed by atoms with Crippen molar-refractivity contribution in [2.45, 2.75) is 6.61 Å². The van der Waals surface area contributed by atoms with Gasteiger partial charge in [0.1, 0.15) is 19.4 Å². The number of primary amides is 1. The monoisotopic (exact) mass is 334 g/mol. The Balaban J connectivity index is 1.94. The minimum Gasteiger partial charge on any atom is -0.444 e. The van der Waals surface area contributed by atoms with Crippen LogP contribution in [0.4, 0.5) is 9.93 Å². The van der Waals surface area contributed by atoms with Crippen LogP contribution in [-0.4, -0.2) is 29.8 Å². The summed E-state index contributed by atoms with van der Waals surface area (Å²) in [5.41, 5.74) is 6.13. The first-order valence-electron chi connectivity index (χ1n) is 6.44. The van der Waals surface area contributed by atoms with Crippen molar-refractivity contribution in [1.82, 2.24) is 4.98 Å². The van der Waals surface area contributed by atoms with Gasteiger partial charge >= 0.3 is 6.09 Å². The fourth-order valence-electron chi connectivity index (χ4n) is 1.60. The van der Waals surface area contributed by atoms with Gasteiger partial charge in [0.05, 0.1) is 0 Å². The van der Waals surface area contributed by atoms with Gasteiger partial charge in [0.25, 0.3) is 5.91 Å². The van der Waals surface area contributed by atoms with Crippen molar-refractivity contribution in [3.8, 4) is 0 Å². The third-order valence-electron chi connectivity index (χ3n) is 2.58. The molecule has 0 unspecified atom stereocenters. The number of ether oxygens (including phenoxy) is 1. The zero-order valence-electron chi connectivity index (χ0n) is 12.2. The second kappa shape index (κ2) is 7.90. The Labute approximate surface area is 135 Å². The summed E-state index contributed by atoms with van der Waals surface area (Å²) in [5, 5.41) is 7.75. The molecule has 0 aliphatic heterocycles. The molecule has 0 fully saturated rings. The van der Waals surface area contributed by atoms with Crippen LogP contribution in [0, 0.1) is 0 Å². The minimum atomic E-state index is -0.782. The fraction of sp³-hybridized carbons (Fsp3) is 0.143. The lowest BCUT2D eigenvalue weighted by Gasteiger charge is -2.04. The van der Waals surface area contributed by atoms with Crippen molar-refractivity contribution >= 4 is 34.2 Å². The zero-order valence-corrected chi connectivity index (χ0v) is 13.0. The SMILES string of the molecule is CO/N=C(\C(N)=O)c1csc(NC(=O)OCc2ccccc2)n1. The second-order valence-electron chi connectivity index (χ2n) is 4.21. The van der Waals surface area contributed by atoms with Crippen LogP contribution in [0.5, 0.6) is 0 Å². The van der Waals surface area contributed by atoms with Crippen molar-refractivity contribution in [2.24, 2.45) is 10.9 Å². The molecule has 0 bridgehead atoms. The number of thiazole rings is 1. The molecule has 120 valence electrons. The first kappa shape index (κ1) is 16.4. The summed E-state index contributed by atoms with van der Waals surface area (Å²) < 4.78 is 5.07. The maximum absolute atomic E-state index is 11.7. The Morgan fingerprint density at radius 3 is 2.74 bits per heavy atom. The number of nitrogens with one attached hydrogen (secondary N) is 1. The van der Waals surface area contributed by atoms with Crippen LogP contribution in [0.3, 0.4) is 0 Å². The summed E-state index contributed by atoms with van der Waals surface area (Å²) in [7, 11) is 1.29. The quantitative estimate of drug-likeness (QED) is 0.616. The maximum atomic E-state index is 11.7. The molecule has 1 aromatic heterocycles. The molecule has 1 heterocycles. The lowest BCUT2D eigenvalue weighted by Crippen LogP contribution is -2.25. The predicted molar refractivity (Wildman–Crippen MR) is 85.1 cm³/mol.